The summed E-state index contributed by atoms with van der Waals surface area (Å²) in [4.78, 5) is 0. The lowest BCUT2D eigenvalue weighted by Crippen LogP contribution is -2.39. The second-order valence-electron chi connectivity index (χ2n) is 5.13. The van der Waals surface area contributed by atoms with E-state index in [0.717, 1.165) is 5.75 Å². The molecule has 1 aromatic carbocycles. The van der Waals surface area contributed by atoms with Crippen LogP contribution in [-0.2, 0) is 12.8 Å². The fourth-order valence-electron chi connectivity index (χ4n) is 2.83. The van der Waals surface area contributed by atoms with Gasteiger partial charge in [-0.1, -0.05) is 26.8 Å². The van der Waals surface area contributed by atoms with Crippen molar-refractivity contribution < 1.29 is 4.43 Å². The molecule has 0 heterocycles. The van der Waals surface area contributed by atoms with Gasteiger partial charge in [0.25, 0.3) is 0 Å². The van der Waals surface area contributed by atoms with E-state index < -0.39 is 8.32 Å². The largest absolute Gasteiger partial charge is 0.543 e. The summed E-state index contributed by atoms with van der Waals surface area (Å²) in [5.41, 5.74) is 3.06. The normalized spacial score (nSPS) is 14.8. The molecule has 0 amide bonds. The second kappa shape index (κ2) is 5.26. The van der Waals surface area contributed by atoms with Crippen molar-refractivity contribution in [2.45, 2.75) is 58.2 Å². The Labute approximate surface area is 106 Å². The van der Waals surface area contributed by atoms with Gasteiger partial charge in [-0.25, -0.2) is 0 Å². The number of rotatable bonds is 5. The Kier molecular flexibility index (Phi) is 3.92. The van der Waals surface area contributed by atoms with E-state index in [0.29, 0.717) is 0 Å². The average molecular weight is 248 g/mol. The zero-order valence-corrected chi connectivity index (χ0v) is 12.4. The van der Waals surface area contributed by atoms with Gasteiger partial charge >= 0.3 is 0 Å². The lowest BCUT2D eigenvalue weighted by molar-refractivity contribution is 0.531. The predicted molar refractivity (Wildman–Crippen MR) is 76.3 cm³/mol. The molecule has 2 rings (SSSR count). The summed E-state index contributed by atoms with van der Waals surface area (Å²) in [7, 11) is -1.49. The third-order valence-corrected chi connectivity index (χ3v) is 8.87. The van der Waals surface area contributed by atoms with Crippen molar-refractivity contribution in [1.82, 2.24) is 0 Å². The van der Waals surface area contributed by atoms with Gasteiger partial charge in [-0.3, -0.25) is 0 Å². The van der Waals surface area contributed by atoms with E-state index in [1.54, 1.807) is 0 Å². The zero-order valence-electron chi connectivity index (χ0n) is 11.4. The van der Waals surface area contributed by atoms with Crippen LogP contribution in [0.15, 0.2) is 18.2 Å². The lowest BCUT2D eigenvalue weighted by atomic mass is 10.1. The summed E-state index contributed by atoms with van der Waals surface area (Å²) < 4.78 is 6.41. The maximum Gasteiger partial charge on any atom is 0.250 e. The molecule has 0 atom stereocenters. The molecule has 0 fully saturated rings. The highest BCUT2D eigenvalue weighted by atomic mass is 28.4. The first-order valence-corrected chi connectivity index (χ1v) is 9.56. The molecule has 1 aliphatic carbocycles. The molecule has 0 bridgehead atoms. The van der Waals surface area contributed by atoms with E-state index in [1.807, 2.05) is 0 Å². The molecule has 17 heavy (non-hydrogen) atoms. The summed E-state index contributed by atoms with van der Waals surface area (Å²) in [5, 5.41) is 0. The van der Waals surface area contributed by atoms with Crippen molar-refractivity contribution in [3.8, 4) is 5.75 Å². The fraction of sp³-hybridized carbons (Fsp3) is 0.600. The van der Waals surface area contributed by atoms with Crippen molar-refractivity contribution in [2.24, 2.45) is 0 Å². The van der Waals surface area contributed by atoms with Crippen molar-refractivity contribution in [3.63, 3.8) is 0 Å². The Morgan fingerprint density at radius 1 is 1.00 bits per heavy atom. The van der Waals surface area contributed by atoms with Gasteiger partial charge < -0.3 is 4.43 Å². The van der Waals surface area contributed by atoms with E-state index in [1.165, 1.54) is 48.5 Å². The highest BCUT2D eigenvalue weighted by molar-refractivity contribution is 6.74. The quantitative estimate of drug-likeness (QED) is 0.694. The Morgan fingerprint density at radius 3 is 2.29 bits per heavy atom. The molecule has 0 radical (unpaired) electrons. The summed E-state index contributed by atoms with van der Waals surface area (Å²) in [6.07, 6.45) is 3.82. The van der Waals surface area contributed by atoms with Crippen molar-refractivity contribution in [1.29, 1.82) is 0 Å². The highest BCUT2D eigenvalue weighted by Crippen LogP contribution is 2.30. The van der Waals surface area contributed by atoms with E-state index in [-0.39, 0.29) is 0 Å². The van der Waals surface area contributed by atoms with Gasteiger partial charge in [0, 0.05) is 0 Å². The molecule has 0 saturated carbocycles. The summed E-state index contributed by atoms with van der Waals surface area (Å²) in [6.45, 7) is 6.85. The van der Waals surface area contributed by atoms with Crippen LogP contribution in [0, 0.1) is 0 Å². The Balaban J connectivity index is 2.18. The predicted octanol–water partition coefficient (Wildman–Crippen LogP) is 4.56. The third-order valence-electron chi connectivity index (χ3n) is 4.34. The molecule has 0 unspecified atom stereocenters. The van der Waals surface area contributed by atoms with Crippen LogP contribution in [0.4, 0.5) is 0 Å². The van der Waals surface area contributed by atoms with Crippen molar-refractivity contribution in [2.75, 3.05) is 0 Å². The molecular formula is C15H24OSi. The van der Waals surface area contributed by atoms with Gasteiger partial charge in [0.1, 0.15) is 5.75 Å². The number of aryl methyl sites for hydroxylation is 2. The molecular weight excluding hydrogens is 224 g/mol. The summed E-state index contributed by atoms with van der Waals surface area (Å²) in [5.74, 6) is 1.13. The van der Waals surface area contributed by atoms with Crippen LogP contribution in [0.1, 0.15) is 38.3 Å². The van der Waals surface area contributed by atoms with Gasteiger partial charge in [0.15, 0.2) is 0 Å². The van der Waals surface area contributed by atoms with Gasteiger partial charge in [-0.15, -0.1) is 0 Å². The topological polar surface area (TPSA) is 9.23 Å². The SMILES string of the molecule is CC[Si](CC)(CC)Oc1ccc2c(c1)CCC2. The van der Waals surface area contributed by atoms with E-state index in [9.17, 15) is 0 Å². The highest BCUT2D eigenvalue weighted by Gasteiger charge is 2.30. The summed E-state index contributed by atoms with van der Waals surface area (Å²) >= 11 is 0. The van der Waals surface area contributed by atoms with Gasteiger partial charge in [0.05, 0.1) is 0 Å². The number of hydrogen-bond acceptors (Lipinski definition) is 1. The molecule has 1 aromatic rings. The van der Waals surface area contributed by atoms with Crippen LogP contribution in [0.3, 0.4) is 0 Å². The van der Waals surface area contributed by atoms with E-state index in [2.05, 4.69) is 39.0 Å². The smallest absolute Gasteiger partial charge is 0.250 e. The minimum absolute atomic E-state index is 1.13. The Hall–Kier alpha value is -0.763. The van der Waals surface area contributed by atoms with Gasteiger partial charge in [-0.2, -0.15) is 0 Å². The zero-order chi connectivity index (χ0) is 12.3. The molecule has 0 aromatic heterocycles. The van der Waals surface area contributed by atoms with Crippen LogP contribution in [0.2, 0.25) is 18.1 Å². The fourth-order valence-corrected chi connectivity index (χ4v) is 5.39. The van der Waals surface area contributed by atoms with Gasteiger partial charge in [0.2, 0.25) is 8.32 Å². The van der Waals surface area contributed by atoms with Crippen LogP contribution in [0.25, 0.3) is 0 Å². The second-order valence-corrected chi connectivity index (χ2v) is 9.82. The van der Waals surface area contributed by atoms with E-state index in [4.69, 9.17) is 4.43 Å². The third kappa shape index (κ3) is 2.57. The molecule has 1 aliphatic rings. The van der Waals surface area contributed by atoms with Crippen molar-refractivity contribution >= 4 is 8.32 Å². The molecule has 2 heteroatoms. The minimum atomic E-state index is -1.49. The average Bonchev–Trinajstić information content (AvgIpc) is 2.83. The Morgan fingerprint density at radius 2 is 1.65 bits per heavy atom. The monoisotopic (exact) mass is 248 g/mol. The van der Waals surface area contributed by atoms with Crippen LogP contribution in [0.5, 0.6) is 5.75 Å². The lowest BCUT2D eigenvalue weighted by Gasteiger charge is -2.29. The van der Waals surface area contributed by atoms with Gasteiger partial charge in [-0.05, 0) is 60.7 Å². The molecule has 1 nitrogen and oxygen atoms in total. The number of fused-ring (bicyclic) bond motifs is 1. The van der Waals surface area contributed by atoms with Crippen LogP contribution in [-0.4, -0.2) is 8.32 Å². The standard InChI is InChI=1S/C15H24OSi/c1-4-17(5-2,6-3)16-15-11-10-13-8-7-9-14(13)12-15/h10-12H,4-9H2,1-3H3. The van der Waals surface area contributed by atoms with Crippen molar-refractivity contribution in [3.05, 3.63) is 29.3 Å². The number of hydrogen-bond donors (Lipinski definition) is 0. The first kappa shape index (κ1) is 12.7. The van der Waals surface area contributed by atoms with Crippen LogP contribution >= 0.6 is 0 Å². The minimum Gasteiger partial charge on any atom is -0.543 e. The first-order chi connectivity index (χ1) is 8.23. The van der Waals surface area contributed by atoms with Crippen LogP contribution < -0.4 is 4.43 Å². The Bertz CT molecular complexity index is 374. The number of benzene rings is 1. The summed E-state index contributed by atoms with van der Waals surface area (Å²) in [6, 6.07) is 10.4. The molecule has 0 aliphatic heterocycles. The first-order valence-electron chi connectivity index (χ1n) is 7.04. The maximum absolute atomic E-state index is 6.41. The molecule has 0 N–H and O–H groups in total. The van der Waals surface area contributed by atoms with E-state index >= 15 is 0 Å². The molecule has 0 saturated heterocycles. The molecule has 0 spiro atoms. The maximum atomic E-state index is 6.41. The molecule has 94 valence electrons.